The van der Waals surface area contributed by atoms with Crippen LogP contribution in [0.3, 0.4) is 0 Å². The Morgan fingerprint density at radius 3 is 2.67 bits per heavy atom. The topological polar surface area (TPSA) is 131 Å². The summed E-state index contributed by atoms with van der Waals surface area (Å²) in [6, 6.07) is 1.79. The average molecular weight is 419 g/mol. The van der Waals surface area contributed by atoms with Gasteiger partial charge in [0, 0.05) is 18.0 Å². The first-order valence-electron chi connectivity index (χ1n) is 8.85. The van der Waals surface area contributed by atoms with E-state index in [1.54, 1.807) is 12.1 Å². The van der Waals surface area contributed by atoms with E-state index < -0.39 is 22.1 Å². The second-order valence-electron chi connectivity index (χ2n) is 6.16. The number of carbonyl (C=O) groups is 2. The lowest BCUT2D eigenvalue weighted by Gasteiger charge is -2.25. The van der Waals surface area contributed by atoms with Crippen LogP contribution in [0.1, 0.15) is 31.1 Å². The zero-order valence-corrected chi connectivity index (χ0v) is 16.9. The monoisotopic (exact) mass is 418 g/mol. The Hall–Kier alpha value is -1.69. The first-order chi connectivity index (χ1) is 12.8. The van der Waals surface area contributed by atoms with Crippen molar-refractivity contribution in [3.8, 4) is 0 Å². The van der Waals surface area contributed by atoms with Gasteiger partial charge in [0.05, 0.1) is 19.8 Å². The van der Waals surface area contributed by atoms with Crippen molar-refractivity contribution in [2.24, 2.45) is 5.73 Å². The molecule has 2 heterocycles. The SMILES string of the molecule is CCCCC(NC(N)=O)C(=O)NCc1ccc(S(=O)(=O)N2CCOCC2)s1. The van der Waals surface area contributed by atoms with Crippen LogP contribution in [0.25, 0.3) is 0 Å². The minimum Gasteiger partial charge on any atom is -0.379 e. The molecule has 0 saturated carbocycles. The first kappa shape index (κ1) is 21.6. The maximum absolute atomic E-state index is 12.6. The van der Waals surface area contributed by atoms with Gasteiger partial charge in [-0.3, -0.25) is 4.79 Å². The van der Waals surface area contributed by atoms with Crippen molar-refractivity contribution in [2.45, 2.75) is 43.0 Å². The molecule has 11 heteroatoms. The van der Waals surface area contributed by atoms with E-state index in [4.69, 9.17) is 10.5 Å². The molecule has 0 aromatic carbocycles. The molecule has 27 heavy (non-hydrogen) atoms. The number of nitrogens with two attached hydrogens (primary N) is 1. The molecule has 1 unspecified atom stereocenters. The van der Waals surface area contributed by atoms with E-state index in [1.807, 2.05) is 6.92 Å². The lowest BCUT2D eigenvalue weighted by atomic mass is 10.1. The molecule has 1 fully saturated rings. The lowest BCUT2D eigenvalue weighted by molar-refractivity contribution is -0.123. The second-order valence-corrected chi connectivity index (χ2v) is 9.49. The highest BCUT2D eigenvalue weighted by atomic mass is 32.2. The van der Waals surface area contributed by atoms with Crippen LogP contribution in [-0.2, 0) is 26.1 Å². The van der Waals surface area contributed by atoms with Gasteiger partial charge >= 0.3 is 6.03 Å². The summed E-state index contributed by atoms with van der Waals surface area (Å²) in [5.41, 5.74) is 5.12. The summed E-state index contributed by atoms with van der Waals surface area (Å²) in [6.45, 7) is 3.62. The number of carbonyl (C=O) groups excluding carboxylic acids is 2. The number of morpholine rings is 1. The van der Waals surface area contributed by atoms with Crippen LogP contribution in [0.15, 0.2) is 16.3 Å². The summed E-state index contributed by atoms with van der Waals surface area (Å²) >= 11 is 1.12. The van der Waals surface area contributed by atoms with Gasteiger partial charge in [-0.2, -0.15) is 4.31 Å². The molecule has 1 aliphatic heterocycles. The van der Waals surface area contributed by atoms with Crippen LogP contribution >= 0.6 is 11.3 Å². The maximum Gasteiger partial charge on any atom is 0.312 e. The Labute approximate surface area is 163 Å². The summed E-state index contributed by atoms with van der Waals surface area (Å²) in [5, 5.41) is 5.17. The highest BCUT2D eigenvalue weighted by molar-refractivity contribution is 7.91. The molecular formula is C16H26N4O5S2. The highest BCUT2D eigenvalue weighted by Crippen LogP contribution is 2.25. The molecule has 9 nitrogen and oxygen atoms in total. The molecule has 3 amide bonds. The molecule has 1 saturated heterocycles. The first-order valence-corrected chi connectivity index (χ1v) is 11.1. The van der Waals surface area contributed by atoms with Gasteiger partial charge < -0.3 is 21.1 Å². The molecule has 1 aromatic rings. The predicted octanol–water partition coefficient (Wildman–Crippen LogP) is 0.612. The van der Waals surface area contributed by atoms with E-state index >= 15 is 0 Å². The number of amides is 3. The number of nitrogens with zero attached hydrogens (tertiary/aromatic N) is 1. The van der Waals surface area contributed by atoms with Gasteiger partial charge in [0.15, 0.2) is 0 Å². The van der Waals surface area contributed by atoms with Crippen LogP contribution in [0, 0.1) is 0 Å². The molecule has 2 rings (SSSR count). The van der Waals surface area contributed by atoms with E-state index in [0.29, 0.717) is 37.6 Å². The van der Waals surface area contributed by atoms with E-state index in [0.717, 1.165) is 24.2 Å². The third-order valence-electron chi connectivity index (χ3n) is 4.12. The predicted molar refractivity (Wildman–Crippen MR) is 102 cm³/mol. The quantitative estimate of drug-likeness (QED) is 0.541. The Balaban J connectivity index is 1.96. The molecule has 0 bridgehead atoms. The van der Waals surface area contributed by atoms with Crippen molar-refractivity contribution in [1.29, 1.82) is 0 Å². The number of sulfonamides is 1. The largest absolute Gasteiger partial charge is 0.379 e. The van der Waals surface area contributed by atoms with E-state index in [2.05, 4.69) is 10.6 Å². The molecule has 1 atom stereocenters. The number of thiophene rings is 1. The Morgan fingerprint density at radius 1 is 1.33 bits per heavy atom. The summed E-state index contributed by atoms with van der Waals surface area (Å²) in [5.74, 6) is -0.340. The third kappa shape index (κ3) is 6.16. The Bertz CT molecular complexity index is 744. The summed E-state index contributed by atoms with van der Waals surface area (Å²) in [4.78, 5) is 24.1. The molecular weight excluding hydrogens is 392 g/mol. The summed E-state index contributed by atoms with van der Waals surface area (Å²) in [6.07, 6.45) is 2.16. The smallest absolute Gasteiger partial charge is 0.312 e. The van der Waals surface area contributed by atoms with Gasteiger partial charge in [-0.05, 0) is 18.6 Å². The second kappa shape index (κ2) is 10.0. The van der Waals surface area contributed by atoms with Gasteiger partial charge in [-0.15, -0.1) is 11.3 Å². The number of rotatable bonds is 9. The van der Waals surface area contributed by atoms with Crippen LogP contribution in [0.2, 0.25) is 0 Å². The minimum absolute atomic E-state index is 0.186. The molecule has 0 radical (unpaired) electrons. The summed E-state index contributed by atoms with van der Waals surface area (Å²) < 4.78 is 32.1. The number of unbranched alkanes of at least 4 members (excludes halogenated alkanes) is 1. The molecule has 0 spiro atoms. The zero-order valence-electron chi connectivity index (χ0n) is 15.3. The fraction of sp³-hybridized carbons (Fsp3) is 0.625. The van der Waals surface area contributed by atoms with Crippen molar-refractivity contribution >= 4 is 33.3 Å². The van der Waals surface area contributed by atoms with Crippen molar-refractivity contribution in [3.63, 3.8) is 0 Å². The van der Waals surface area contributed by atoms with Crippen molar-refractivity contribution < 1.29 is 22.7 Å². The standard InChI is InChI=1S/C16H26N4O5S2/c1-2-3-4-13(19-16(17)22)15(21)18-11-12-5-6-14(26-12)27(23,24)20-7-9-25-10-8-20/h5-6,13H,2-4,7-11H2,1H3,(H,18,21)(H3,17,19,22). The number of hydrogen-bond acceptors (Lipinski definition) is 6. The van der Waals surface area contributed by atoms with Crippen LogP contribution in [-0.4, -0.2) is 57.0 Å². The number of nitrogens with one attached hydrogen (secondary N) is 2. The Morgan fingerprint density at radius 2 is 2.04 bits per heavy atom. The average Bonchev–Trinajstić information content (AvgIpc) is 3.13. The van der Waals surface area contributed by atoms with Gasteiger partial charge in [0.2, 0.25) is 5.91 Å². The van der Waals surface area contributed by atoms with Crippen molar-refractivity contribution in [2.75, 3.05) is 26.3 Å². The molecule has 1 aromatic heterocycles. The molecule has 4 N–H and O–H groups in total. The molecule has 0 aliphatic carbocycles. The van der Waals surface area contributed by atoms with Crippen molar-refractivity contribution in [3.05, 3.63) is 17.0 Å². The van der Waals surface area contributed by atoms with Crippen LogP contribution in [0.5, 0.6) is 0 Å². The number of ether oxygens (including phenoxy) is 1. The highest BCUT2D eigenvalue weighted by Gasteiger charge is 2.28. The van der Waals surface area contributed by atoms with Gasteiger partial charge in [-0.1, -0.05) is 19.8 Å². The van der Waals surface area contributed by atoms with Gasteiger partial charge in [0.25, 0.3) is 10.0 Å². The zero-order chi connectivity index (χ0) is 19.9. The minimum atomic E-state index is -3.54. The number of primary amides is 1. The van der Waals surface area contributed by atoms with Crippen molar-refractivity contribution in [1.82, 2.24) is 14.9 Å². The third-order valence-corrected chi connectivity index (χ3v) is 7.57. The van der Waals surface area contributed by atoms with E-state index in [1.165, 1.54) is 4.31 Å². The van der Waals surface area contributed by atoms with Gasteiger partial charge in [-0.25, -0.2) is 13.2 Å². The normalized spacial score (nSPS) is 16.6. The summed E-state index contributed by atoms with van der Waals surface area (Å²) in [7, 11) is -3.54. The maximum atomic E-state index is 12.6. The van der Waals surface area contributed by atoms with Crippen LogP contribution in [0.4, 0.5) is 4.79 Å². The Kier molecular flexibility index (Phi) is 8.02. The number of urea groups is 1. The molecule has 152 valence electrons. The lowest BCUT2D eigenvalue weighted by Crippen LogP contribution is -2.48. The number of hydrogen-bond donors (Lipinski definition) is 3. The fourth-order valence-corrected chi connectivity index (χ4v) is 5.51. The fourth-order valence-electron chi connectivity index (χ4n) is 2.65. The van der Waals surface area contributed by atoms with E-state index in [-0.39, 0.29) is 16.7 Å². The van der Waals surface area contributed by atoms with E-state index in [9.17, 15) is 18.0 Å². The molecule has 1 aliphatic rings. The van der Waals surface area contributed by atoms with Gasteiger partial charge in [0.1, 0.15) is 10.3 Å². The van der Waals surface area contributed by atoms with Crippen LogP contribution < -0.4 is 16.4 Å².